The summed E-state index contributed by atoms with van der Waals surface area (Å²) in [5, 5.41) is 1.93. The van der Waals surface area contributed by atoms with Gasteiger partial charge in [-0.1, -0.05) is 52.5 Å². The summed E-state index contributed by atoms with van der Waals surface area (Å²) in [4.78, 5) is 2.48. The van der Waals surface area contributed by atoms with E-state index in [-0.39, 0.29) is 0 Å². The Hall–Kier alpha value is -0.0500. The van der Waals surface area contributed by atoms with E-state index in [9.17, 15) is 0 Å². The van der Waals surface area contributed by atoms with Gasteiger partial charge < -0.3 is 0 Å². The highest BCUT2D eigenvalue weighted by atomic mass is 79.9. The zero-order valence-corrected chi connectivity index (χ0v) is 14.2. The van der Waals surface area contributed by atoms with Gasteiger partial charge in [-0.25, -0.2) is 0 Å². The largest absolute Gasteiger partial charge is 0.299 e. The molecule has 0 radical (unpaired) electrons. The van der Waals surface area contributed by atoms with Crippen LogP contribution in [-0.2, 0) is 0 Å². The summed E-state index contributed by atoms with van der Waals surface area (Å²) in [5.41, 5.74) is 1.82. The molecule has 1 saturated carbocycles. The summed E-state index contributed by atoms with van der Waals surface area (Å²) >= 11 is 9.69. The fraction of sp³-hybridized carbons (Fsp3) is 0.625. The van der Waals surface area contributed by atoms with E-state index in [4.69, 9.17) is 11.6 Å². The number of hydrogen-bond donors (Lipinski definition) is 0. The van der Waals surface area contributed by atoms with Crippen molar-refractivity contribution in [2.45, 2.75) is 38.6 Å². The van der Waals surface area contributed by atoms with E-state index in [2.05, 4.69) is 46.9 Å². The lowest BCUT2D eigenvalue weighted by molar-refractivity contribution is 0.164. The average molecular weight is 345 g/mol. The highest BCUT2D eigenvalue weighted by molar-refractivity contribution is 9.09. The molecule has 3 heteroatoms. The van der Waals surface area contributed by atoms with E-state index in [1.807, 2.05) is 12.1 Å². The summed E-state index contributed by atoms with van der Waals surface area (Å²) in [6.07, 6.45) is 5.48. The van der Waals surface area contributed by atoms with Crippen molar-refractivity contribution in [1.82, 2.24) is 4.90 Å². The normalized spacial score (nSPS) is 19.8. The number of benzene rings is 1. The van der Waals surface area contributed by atoms with Crippen LogP contribution in [0.3, 0.4) is 0 Å². The molecule has 1 unspecified atom stereocenters. The van der Waals surface area contributed by atoms with Gasteiger partial charge in [0.15, 0.2) is 0 Å². The van der Waals surface area contributed by atoms with Crippen molar-refractivity contribution in [3.05, 3.63) is 34.9 Å². The van der Waals surface area contributed by atoms with E-state index >= 15 is 0 Å². The molecule has 1 nitrogen and oxygen atoms in total. The summed E-state index contributed by atoms with van der Waals surface area (Å²) in [7, 11) is 2.24. The van der Waals surface area contributed by atoms with Crippen molar-refractivity contribution < 1.29 is 0 Å². The molecule has 1 aromatic rings. The molecule has 1 fully saturated rings. The van der Waals surface area contributed by atoms with Gasteiger partial charge in [-0.15, -0.1) is 0 Å². The molecule has 1 aliphatic rings. The first kappa shape index (κ1) is 15.3. The van der Waals surface area contributed by atoms with Crippen LogP contribution in [0.15, 0.2) is 24.3 Å². The van der Waals surface area contributed by atoms with E-state index in [0.717, 1.165) is 10.4 Å². The van der Waals surface area contributed by atoms with Crippen LogP contribution in [0.1, 0.15) is 44.2 Å². The Labute approximate surface area is 130 Å². The summed E-state index contributed by atoms with van der Waals surface area (Å²) in [6, 6.07) is 8.68. The first-order valence-electron chi connectivity index (χ1n) is 7.08. The number of alkyl halides is 1. The second-order valence-electron chi connectivity index (χ2n) is 5.98. The van der Waals surface area contributed by atoms with E-state index in [0.29, 0.717) is 11.5 Å². The quantitative estimate of drug-likeness (QED) is 0.656. The van der Waals surface area contributed by atoms with Crippen molar-refractivity contribution in [2.75, 3.05) is 18.9 Å². The SMILES string of the molecule is CC(c1ccc(Cl)cc1)N(C)CC1(CBr)CCCC1. The minimum Gasteiger partial charge on any atom is -0.299 e. The molecule has 0 aromatic heterocycles. The highest BCUT2D eigenvalue weighted by Gasteiger charge is 2.34. The number of rotatable bonds is 5. The maximum atomic E-state index is 5.96. The van der Waals surface area contributed by atoms with Crippen LogP contribution < -0.4 is 0 Å². The first-order valence-corrected chi connectivity index (χ1v) is 8.58. The van der Waals surface area contributed by atoms with Crippen molar-refractivity contribution in [3.63, 3.8) is 0 Å². The Morgan fingerprint density at radius 2 is 1.84 bits per heavy atom. The average Bonchev–Trinajstić information content (AvgIpc) is 2.88. The predicted molar refractivity (Wildman–Crippen MR) is 87.2 cm³/mol. The number of hydrogen-bond acceptors (Lipinski definition) is 1. The highest BCUT2D eigenvalue weighted by Crippen LogP contribution is 2.41. The van der Waals surface area contributed by atoms with E-state index < -0.39 is 0 Å². The monoisotopic (exact) mass is 343 g/mol. The lowest BCUT2D eigenvalue weighted by atomic mass is 9.87. The van der Waals surface area contributed by atoms with Gasteiger partial charge >= 0.3 is 0 Å². The van der Waals surface area contributed by atoms with Crippen molar-refractivity contribution in [2.24, 2.45) is 5.41 Å². The maximum Gasteiger partial charge on any atom is 0.0406 e. The van der Waals surface area contributed by atoms with Crippen LogP contribution in [0.2, 0.25) is 5.02 Å². The van der Waals surface area contributed by atoms with Gasteiger partial charge in [0.25, 0.3) is 0 Å². The molecule has 1 aliphatic carbocycles. The molecular formula is C16H23BrClN. The molecule has 1 atom stereocenters. The zero-order chi connectivity index (χ0) is 13.9. The Morgan fingerprint density at radius 3 is 2.37 bits per heavy atom. The van der Waals surface area contributed by atoms with Crippen molar-refractivity contribution >= 4 is 27.5 Å². The predicted octanol–water partition coefficient (Wildman–Crippen LogP) is 5.29. The van der Waals surface area contributed by atoms with E-state index in [1.165, 1.54) is 37.8 Å². The molecule has 2 rings (SSSR count). The Bertz CT molecular complexity index is 398. The van der Waals surface area contributed by atoms with Gasteiger partial charge in [0.1, 0.15) is 0 Å². The summed E-state index contributed by atoms with van der Waals surface area (Å²) in [6.45, 7) is 3.45. The minimum absolute atomic E-state index is 0.439. The zero-order valence-electron chi connectivity index (χ0n) is 11.8. The molecule has 0 spiro atoms. The van der Waals surface area contributed by atoms with Gasteiger partial charge in [-0.05, 0) is 49.9 Å². The molecule has 0 bridgehead atoms. The van der Waals surface area contributed by atoms with Gasteiger partial charge in [-0.3, -0.25) is 4.90 Å². The minimum atomic E-state index is 0.439. The molecule has 19 heavy (non-hydrogen) atoms. The van der Waals surface area contributed by atoms with Crippen molar-refractivity contribution in [1.29, 1.82) is 0 Å². The maximum absolute atomic E-state index is 5.96. The first-order chi connectivity index (χ1) is 9.06. The smallest absolute Gasteiger partial charge is 0.0406 e. The molecule has 1 aromatic carbocycles. The van der Waals surface area contributed by atoms with Gasteiger partial charge in [-0.2, -0.15) is 0 Å². The molecule has 0 N–H and O–H groups in total. The third kappa shape index (κ3) is 3.74. The fourth-order valence-electron chi connectivity index (χ4n) is 3.12. The Morgan fingerprint density at radius 1 is 1.26 bits per heavy atom. The Kier molecular flexibility index (Phi) is 5.33. The summed E-state index contributed by atoms with van der Waals surface area (Å²) in [5.74, 6) is 0. The van der Waals surface area contributed by atoms with Gasteiger partial charge in [0.2, 0.25) is 0 Å². The van der Waals surface area contributed by atoms with Crippen LogP contribution in [0.25, 0.3) is 0 Å². The fourth-order valence-corrected chi connectivity index (χ4v) is 3.98. The number of halogens is 2. The molecule has 0 aliphatic heterocycles. The topological polar surface area (TPSA) is 3.24 Å². The second kappa shape index (κ2) is 6.60. The second-order valence-corrected chi connectivity index (χ2v) is 6.98. The van der Waals surface area contributed by atoms with Crippen LogP contribution >= 0.6 is 27.5 Å². The Balaban J connectivity index is 2.02. The van der Waals surface area contributed by atoms with Crippen LogP contribution in [0.4, 0.5) is 0 Å². The molecular weight excluding hydrogens is 322 g/mol. The van der Waals surface area contributed by atoms with Crippen LogP contribution in [0.5, 0.6) is 0 Å². The lowest BCUT2D eigenvalue weighted by Crippen LogP contribution is -2.36. The molecule has 0 saturated heterocycles. The standard InChI is InChI=1S/C16H23BrClN/c1-13(14-5-7-15(18)8-6-14)19(2)12-16(11-17)9-3-4-10-16/h5-8,13H,3-4,9-12H2,1-2H3. The van der Waals surface area contributed by atoms with Crippen LogP contribution in [0, 0.1) is 5.41 Å². The third-order valence-electron chi connectivity index (χ3n) is 4.55. The molecule has 0 amide bonds. The molecule has 0 heterocycles. The van der Waals surface area contributed by atoms with Gasteiger partial charge in [0.05, 0.1) is 0 Å². The lowest BCUT2D eigenvalue weighted by Gasteiger charge is -2.35. The third-order valence-corrected chi connectivity index (χ3v) is 5.99. The van der Waals surface area contributed by atoms with Crippen LogP contribution in [-0.4, -0.2) is 23.8 Å². The van der Waals surface area contributed by atoms with Crippen molar-refractivity contribution in [3.8, 4) is 0 Å². The molecule has 106 valence electrons. The summed E-state index contributed by atoms with van der Waals surface area (Å²) < 4.78 is 0. The van der Waals surface area contributed by atoms with E-state index in [1.54, 1.807) is 0 Å². The number of nitrogens with zero attached hydrogens (tertiary/aromatic N) is 1. The van der Waals surface area contributed by atoms with Gasteiger partial charge in [0, 0.05) is 22.9 Å².